The summed E-state index contributed by atoms with van der Waals surface area (Å²) in [5.74, 6) is 0. The standard InChI is InChI=1S/C16H21N2PSe2/c1-2-21-19(20,13-9-15-7-3-5-11-17-15)14-10-16-8-4-6-12-18-16/h3-8,11-12H,2,9-10,13-14H2,1H3. The zero-order chi connectivity index (χ0) is 15.0. The zero-order valence-corrected chi connectivity index (χ0v) is 16.6. The number of aryl methyl sites for hydroxylation is 2. The Morgan fingerprint density at radius 2 is 1.48 bits per heavy atom. The van der Waals surface area contributed by atoms with Gasteiger partial charge < -0.3 is 0 Å². The van der Waals surface area contributed by atoms with Crippen molar-refractivity contribution in [3.63, 3.8) is 0 Å². The maximum atomic E-state index is 4.46. The molecule has 0 radical (unpaired) electrons. The molecule has 0 aliphatic carbocycles. The molecule has 0 N–H and O–H groups in total. The summed E-state index contributed by atoms with van der Waals surface area (Å²) in [7, 11) is 0. The summed E-state index contributed by atoms with van der Waals surface area (Å²) in [5, 5.41) is 1.32. The Kier molecular flexibility index (Phi) is 7.37. The molecule has 2 nitrogen and oxygen atoms in total. The summed E-state index contributed by atoms with van der Waals surface area (Å²) < 4.78 is -0.943. The molecule has 0 spiro atoms. The molecule has 2 aromatic heterocycles. The summed E-state index contributed by atoms with van der Waals surface area (Å²) in [6.07, 6.45) is 8.56. The average Bonchev–Trinajstić information content (AvgIpc) is 2.54. The van der Waals surface area contributed by atoms with E-state index < -0.39 is 4.20 Å². The van der Waals surface area contributed by atoms with E-state index in [-0.39, 0.29) is 0 Å². The van der Waals surface area contributed by atoms with Gasteiger partial charge in [0.2, 0.25) is 0 Å². The Labute approximate surface area is 141 Å². The van der Waals surface area contributed by atoms with Gasteiger partial charge in [0, 0.05) is 0 Å². The van der Waals surface area contributed by atoms with Crippen LogP contribution in [-0.2, 0) is 12.8 Å². The number of pyridine rings is 2. The van der Waals surface area contributed by atoms with E-state index in [0.29, 0.717) is 0 Å². The second-order valence-corrected chi connectivity index (χ2v) is 22.8. The van der Waals surface area contributed by atoms with Crippen molar-refractivity contribution >= 4 is 33.8 Å². The van der Waals surface area contributed by atoms with Gasteiger partial charge in [-0.2, -0.15) is 0 Å². The first-order chi connectivity index (χ1) is 10.2. The van der Waals surface area contributed by atoms with Crippen LogP contribution in [0.3, 0.4) is 0 Å². The molecule has 2 heterocycles. The van der Waals surface area contributed by atoms with E-state index in [1.165, 1.54) is 29.0 Å². The predicted molar refractivity (Wildman–Crippen MR) is 94.5 cm³/mol. The number of hydrogen-bond acceptors (Lipinski definition) is 2. The van der Waals surface area contributed by atoms with Crippen molar-refractivity contribution in [2.24, 2.45) is 0 Å². The van der Waals surface area contributed by atoms with E-state index in [9.17, 15) is 0 Å². The van der Waals surface area contributed by atoms with Gasteiger partial charge in [0.05, 0.1) is 0 Å². The zero-order valence-electron chi connectivity index (χ0n) is 12.3. The third-order valence-electron chi connectivity index (χ3n) is 3.23. The molecule has 0 unspecified atom stereocenters. The minimum atomic E-state index is -0.943. The molecule has 0 atom stereocenters. The molecule has 0 fully saturated rings. The number of nitrogens with zero attached hydrogens (tertiary/aromatic N) is 2. The van der Waals surface area contributed by atoms with Gasteiger partial charge in [-0.3, -0.25) is 0 Å². The fourth-order valence-electron chi connectivity index (χ4n) is 2.14. The average molecular weight is 430 g/mol. The molecule has 0 saturated heterocycles. The summed E-state index contributed by atoms with van der Waals surface area (Å²) in [6.45, 7) is 2.31. The fraction of sp³-hybridized carbons (Fsp3) is 0.375. The summed E-state index contributed by atoms with van der Waals surface area (Å²) in [5.41, 5.74) is 2.45. The van der Waals surface area contributed by atoms with Crippen LogP contribution in [-0.4, -0.2) is 51.9 Å². The third-order valence-corrected chi connectivity index (χ3v) is 18.4. The second kappa shape index (κ2) is 9.03. The Morgan fingerprint density at radius 1 is 0.952 bits per heavy atom. The van der Waals surface area contributed by atoms with Gasteiger partial charge in [-0.25, -0.2) is 0 Å². The molecule has 0 saturated carbocycles. The van der Waals surface area contributed by atoms with E-state index in [1.54, 1.807) is 0 Å². The molecule has 112 valence electrons. The van der Waals surface area contributed by atoms with Gasteiger partial charge in [0.1, 0.15) is 0 Å². The number of aromatic nitrogens is 2. The molecular formula is C16H21N2PSe2. The molecule has 0 aromatic carbocycles. The van der Waals surface area contributed by atoms with E-state index in [1.807, 2.05) is 24.5 Å². The Balaban J connectivity index is 1.94. The summed E-state index contributed by atoms with van der Waals surface area (Å²) >= 11 is 4.35. The Morgan fingerprint density at radius 3 is 1.86 bits per heavy atom. The number of hydrogen-bond donors (Lipinski definition) is 0. The molecule has 0 bridgehead atoms. The van der Waals surface area contributed by atoms with Crippen LogP contribution in [0.5, 0.6) is 0 Å². The van der Waals surface area contributed by atoms with Crippen molar-refractivity contribution in [2.45, 2.75) is 25.1 Å². The molecular weight excluding hydrogens is 409 g/mol. The van der Waals surface area contributed by atoms with Gasteiger partial charge in [-0.15, -0.1) is 0 Å². The van der Waals surface area contributed by atoms with Crippen LogP contribution in [0.1, 0.15) is 18.3 Å². The molecule has 21 heavy (non-hydrogen) atoms. The first-order valence-corrected chi connectivity index (χ1v) is 15.0. The van der Waals surface area contributed by atoms with Crippen LogP contribution >= 0.6 is 4.20 Å². The minimum absolute atomic E-state index is 0.733. The molecule has 0 aliphatic rings. The topological polar surface area (TPSA) is 25.8 Å². The first-order valence-electron chi connectivity index (χ1n) is 7.24. The summed E-state index contributed by atoms with van der Waals surface area (Å²) in [4.78, 5) is 8.92. The van der Waals surface area contributed by atoms with Crippen molar-refractivity contribution < 1.29 is 0 Å². The van der Waals surface area contributed by atoms with Crippen LogP contribution in [0.2, 0.25) is 5.32 Å². The molecule has 0 aliphatic heterocycles. The third kappa shape index (κ3) is 6.18. The van der Waals surface area contributed by atoms with Gasteiger partial charge in [0.25, 0.3) is 0 Å². The summed E-state index contributed by atoms with van der Waals surface area (Å²) in [6, 6.07) is 12.4. The molecule has 2 rings (SSSR count). The van der Waals surface area contributed by atoms with Crippen LogP contribution < -0.4 is 0 Å². The molecule has 0 amide bonds. The Bertz CT molecular complexity index is 528. The van der Waals surface area contributed by atoms with Crippen LogP contribution in [0.15, 0.2) is 48.8 Å². The monoisotopic (exact) mass is 432 g/mol. The van der Waals surface area contributed by atoms with Gasteiger partial charge >= 0.3 is 141 Å². The van der Waals surface area contributed by atoms with E-state index in [4.69, 9.17) is 0 Å². The van der Waals surface area contributed by atoms with Crippen molar-refractivity contribution in [2.75, 3.05) is 12.3 Å². The van der Waals surface area contributed by atoms with Crippen LogP contribution in [0.25, 0.3) is 0 Å². The SMILES string of the molecule is CC[Se]P(=[Se])(CCc1ccccn1)CCc1ccccn1. The first kappa shape index (κ1) is 17.1. The predicted octanol–water partition coefficient (Wildman–Crippen LogP) is 3.42. The normalized spacial score (nSPS) is 11.5. The van der Waals surface area contributed by atoms with E-state index in [0.717, 1.165) is 27.4 Å². The maximum absolute atomic E-state index is 4.46. The van der Waals surface area contributed by atoms with Crippen molar-refractivity contribution in [3.8, 4) is 0 Å². The van der Waals surface area contributed by atoms with Crippen LogP contribution in [0.4, 0.5) is 0 Å². The van der Waals surface area contributed by atoms with Crippen molar-refractivity contribution in [3.05, 3.63) is 60.2 Å². The van der Waals surface area contributed by atoms with Gasteiger partial charge in [-0.1, -0.05) is 0 Å². The van der Waals surface area contributed by atoms with E-state index >= 15 is 0 Å². The molecule has 2 aromatic rings. The second-order valence-electron chi connectivity index (χ2n) is 4.82. The van der Waals surface area contributed by atoms with Gasteiger partial charge in [-0.05, 0) is 0 Å². The van der Waals surface area contributed by atoms with Crippen molar-refractivity contribution in [1.29, 1.82) is 0 Å². The Hall–Kier alpha value is -0.231. The van der Waals surface area contributed by atoms with Gasteiger partial charge in [0.15, 0.2) is 0 Å². The molecule has 5 heteroatoms. The fourth-order valence-corrected chi connectivity index (χ4v) is 14.6. The van der Waals surface area contributed by atoms with E-state index in [2.05, 4.69) is 56.3 Å². The van der Waals surface area contributed by atoms with Crippen LogP contribution in [0, 0.1) is 0 Å². The number of rotatable bonds is 8. The quantitative estimate of drug-likeness (QED) is 0.474. The van der Waals surface area contributed by atoms with Crippen molar-refractivity contribution in [1.82, 2.24) is 9.97 Å².